The summed E-state index contributed by atoms with van der Waals surface area (Å²) in [6.07, 6.45) is 8.23. The molecule has 0 bridgehead atoms. The molecule has 2 aliphatic rings. The van der Waals surface area contributed by atoms with E-state index in [1.807, 2.05) is 18.2 Å². The maximum absolute atomic E-state index is 12.5. The first-order valence-electron chi connectivity index (χ1n) is 7.34. The van der Waals surface area contributed by atoms with Gasteiger partial charge in [-0.15, -0.1) is 11.8 Å². The molecular weight excluding hydrogens is 254 g/mol. The lowest BCUT2D eigenvalue weighted by atomic mass is 9.95. The highest BCUT2D eigenvalue weighted by Gasteiger charge is 2.51. The fourth-order valence-electron chi connectivity index (χ4n) is 2.77. The number of thioether (sulfide) groups is 1. The molecule has 0 aliphatic heterocycles. The Labute approximate surface area is 119 Å². The zero-order valence-electron chi connectivity index (χ0n) is 11.2. The largest absolute Gasteiger partial charge is 0.352 e. The molecule has 0 atom stereocenters. The Bertz CT molecular complexity index is 435. The third-order valence-corrected chi connectivity index (χ3v) is 5.61. The van der Waals surface area contributed by atoms with E-state index in [-0.39, 0.29) is 10.7 Å². The van der Waals surface area contributed by atoms with Gasteiger partial charge in [0, 0.05) is 10.9 Å². The van der Waals surface area contributed by atoms with Gasteiger partial charge in [-0.25, -0.2) is 0 Å². The summed E-state index contributed by atoms with van der Waals surface area (Å²) >= 11 is 1.74. The van der Waals surface area contributed by atoms with Crippen LogP contribution in [0.4, 0.5) is 0 Å². The van der Waals surface area contributed by atoms with Crippen LogP contribution >= 0.6 is 11.8 Å². The number of carbonyl (C=O) groups is 1. The maximum atomic E-state index is 12.5. The van der Waals surface area contributed by atoms with E-state index < -0.39 is 0 Å². The SMILES string of the molecule is O=C(NC1CCCCC1)C1(Sc2ccccc2)CC1. The molecule has 3 heteroatoms. The summed E-state index contributed by atoms with van der Waals surface area (Å²) in [5.74, 6) is 0.272. The Morgan fingerprint density at radius 3 is 2.42 bits per heavy atom. The van der Waals surface area contributed by atoms with E-state index in [1.165, 1.54) is 24.2 Å². The van der Waals surface area contributed by atoms with Crippen molar-refractivity contribution in [3.05, 3.63) is 30.3 Å². The topological polar surface area (TPSA) is 29.1 Å². The minimum atomic E-state index is -0.168. The van der Waals surface area contributed by atoms with Crippen molar-refractivity contribution in [3.63, 3.8) is 0 Å². The summed E-state index contributed by atoms with van der Waals surface area (Å²) in [6.45, 7) is 0. The molecule has 2 saturated carbocycles. The minimum Gasteiger partial charge on any atom is -0.352 e. The van der Waals surface area contributed by atoms with Crippen LogP contribution in [-0.2, 0) is 4.79 Å². The van der Waals surface area contributed by atoms with Crippen molar-refractivity contribution >= 4 is 17.7 Å². The molecule has 2 fully saturated rings. The normalized spacial score (nSPS) is 21.9. The van der Waals surface area contributed by atoms with E-state index in [2.05, 4.69) is 17.4 Å². The van der Waals surface area contributed by atoms with E-state index in [0.717, 1.165) is 25.7 Å². The lowest BCUT2D eigenvalue weighted by molar-refractivity contribution is -0.122. The van der Waals surface area contributed by atoms with Gasteiger partial charge in [0.1, 0.15) is 0 Å². The smallest absolute Gasteiger partial charge is 0.236 e. The van der Waals surface area contributed by atoms with Gasteiger partial charge in [0.05, 0.1) is 4.75 Å². The van der Waals surface area contributed by atoms with Crippen LogP contribution in [0.2, 0.25) is 0 Å². The van der Waals surface area contributed by atoms with Gasteiger partial charge in [-0.2, -0.15) is 0 Å². The van der Waals surface area contributed by atoms with Crippen LogP contribution in [0.1, 0.15) is 44.9 Å². The summed E-state index contributed by atoms with van der Waals surface area (Å²) < 4.78 is -0.168. The van der Waals surface area contributed by atoms with E-state index in [4.69, 9.17) is 0 Å². The zero-order valence-corrected chi connectivity index (χ0v) is 12.0. The second-order valence-electron chi connectivity index (χ2n) is 5.72. The van der Waals surface area contributed by atoms with Gasteiger partial charge in [0.15, 0.2) is 0 Å². The van der Waals surface area contributed by atoms with E-state index in [9.17, 15) is 4.79 Å². The number of hydrogen-bond donors (Lipinski definition) is 1. The number of carbonyl (C=O) groups excluding carboxylic acids is 1. The van der Waals surface area contributed by atoms with Gasteiger partial charge in [0.2, 0.25) is 5.91 Å². The molecule has 2 nitrogen and oxygen atoms in total. The molecule has 0 aromatic heterocycles. The molecule has 0 unspecified atom stereocenters. The molecule has 2 aliphatic carbocycles. The van der Waals surface area contributed by atoms with Crippen LogP contribution in [0.15, 0.2) is 35.2 Å². The second kappa shape index (κ2) is 5.58. The van der Waals surface area contributed by atoms with Crippen molar-refractivity contribution in [1.29, 1.82) is 0 Å². The fraction of sp³-hybridized carbons (Fsp3) is 0.562. The van der Waals surface area contributed by atoms with E-state index in [1.54, 1.807) is 11.8 Å². The Morgan fingerprint density at radius 1 is 1.11 bits per heavy atom. The molecule has 19 heavy (non-hydrogen) atoms. The maximum Gasteiger partial charge on any atom is 0.236 e. The lowest BCUT2D eigenvalue weighted by Gasteiger charge is -2.25. The van der Waals surface area contributed by atoms with Gasteiger partial charge in [-0.05, 0) is 37.8 Å². The Hall–Kier alpha value is -0.960. The summed E-state index contributed by atoms with van der Waals surface area (Å²) in [5, 5.41) is 3.28. The van der Waals surface area contributed by atoms with Gasteiger partial charge in [-0.1, -0.05) is 37.5 Å². The van der Waals surface area contributed by atoms with Crippen molar-refractivity contribution in [2.45, 2.75) is 60.6 Å². The Balaban J connectivity index is 1.59. The first kappa shape index (κ1) is 13.0. The van der Waals surface area contributed by atoms with Crippen molar-refractivity contribution in [3.8, 4) is 0 Å². The van der Waals surface area contributed by atoms with Gasteiger partial charge < -0.3 is 5.32 Å². The first-order chi connectivity index (χ1) is 9.28. The second-order valence-corrected chi connectivity index (χ2v) is 7.17. The number of rotatable bonds is 4. The summed E-state index contributed by atoms with van der Waals surface area (Å²) in [6, 6.07) is 10.7. The number of hydrogen-bond acceptors (Lipinski definition) is 2. The summed E-state index contributed by atoms with van der Waals surface area (Å²) in [4.78, 5) is 13.7. The quantitative estimate of drug-likeness (QED) is 0.906. The van der Waals surface area contributed by atoms with Crippen LogP contribution in [0.5, 0.6) is 0 Å². The van der Waals surface area contributed by atoms with E-state index >= 15 is 0 Å². The molecule has 1 N–H and O–H groups in total. The van der Waals surface area contributed by atoms with Crippen molar-refractivity contribution in [1.82, 2.24) is 5.32 Å². The average molecular weight is 275 g/mol. The summed E-state index contributed by atoms with van der Waals surface area (Å²) in [5.41, 5.74) is 0. The third-order valence-electron chi connectivity index (χ3n) is 4.11. The van der Waals surface area contributed by atoms with Crippen LogP contribution < -0.4 is 5.32 Å². The molecule has 102 valence electrons. The monoisotopic (exact) mass is 275 g/mol. The lowest BCUT2D eigenvalue weighted by Crippen LogP contribution is -2.42. The summed E-state index contributed by atoms with van der Waals surface area (Å²) in [7, 11) is 0. The predicted octanol–water partition coefficient (Wildman–Crippen LogP) is 3.76. The number of benzene rings is 1. The molecule has 1 amide bonds. The van der Waals surface area contributed by atoms with Crippen LogP contribution in [0.3, 0.4) is 0 Å². The standard InChI is InChI=1S/C16H21NOS/c18-15(17-13-7-3-1-4-8-13)16(11-12-16)19-14-9-5-2-6-10-14/h2,5-6,9-10,13H,1,3-4,7-8,11-12H2,(H,17,18). The molecule has 1 aromatic carbocycles. The van der Waals surface area contributed by atoms with Gasteiger partial charge >= 0.3 is 0 Å². The number of nitrogens with one attached hydrogen (secondary N) is 1. The Morgan fingerprint density at radius 2 is 1.79 bits per heavy atom. The highest BCUT2D eigenvalue weighted by molar-refractivity contribution is 8.01. The molecule has 0 heterocycles. The van der Waals surface area contributed by atoms with Gasteiger partial charge in [0.25, 0.3) is 0 Å². The third kappa shape index (κ3) is 3.14. The predicted molar refractivity (Wildman–Crippen MR) is 79.3 cm³/mol. The highest BCUT2D eigenvalue weighted by atomic mass is 32.2. The van der Waals surface area contributed by atoms with Crippen LogP contribution in [-0.4, -0.2) is 16.7 Å². The van der Waals surface area contributed by atoms with Crippen LogP contribution in [0, 0.1) is 0 Å². The fourth-order valence-corrected chi connectivity index (χ4v) is 3.97. The minimum absolute atomic E-state index is 0.168. The molecular formula is C16H21NOS. The zero-order chi connectivity index (χ0) is 13.1. The van der Waals surface area contributed by atoms with Gasteiger partial charge in [-0.3, -0.25) is 4.79 Å². The Kier molecular flexibility index (Phi) is 3.83. The molecule has 0 radical (unpaired) electrons. The molecule has 1 aromatic rings. The van der Waals surface area contributed by atoms with Crippen LogP contribution in [0.25, 0.3) is 0 Å². The molecule has 0 saturated heterocycles. The number of amides is 1. The molecule has 0 spiro atoms. The van der Waals surface area contributed by atoms with Crippen molar-refractivity contribution in [2.75, 3.05) is 0 Å². The van der Waals surface area contributed by atoms with Crippen molar-refractivity contribution < 1.29 is 4.79 Å². The average Bonchev–Trinajstić information content (AvgIpc) is 3.22. The van der Waals surface area contributed by atoms with Crippen molar-refractivity contribution in [2.24, 2.45) is 0 Å². The first-order valence-corrected chi connectivity index (χ1v) is 8.15. The van der Waals surface area contributed by atoms with E-state index in [0.29, 0.717) is 6.04 Å². The molecule has 3 rings (SSSR count). The highest BCUT2D eigenvalue weighted by Crippen LogP contribution is 2.52.